The molecule has 0 aliphatic carbocycles. The lowest BCUT2D eigenvalue weighted by atomic mass is 9.85. The number of carbonyl (C=O) groups excluding carboxylic acids is 1. The molecule has 1 aliphatic rings. The quantitative estimate of drug-likeness (QED) is 0.124. The van der Waals surface area contributed by atoms with E-state index in [1.807, 2.05) is 39.2 Å². The molecule has 0 saturated carbocycles. The maximum Gasteiger partial charge on any atom is 0.434 e. The Bertz CT molecular complexity index is 1510. The van der Waals surface area contributed by atoms with Crippen LogP contribution in [0.1, 0.15) is 45.2 Å². The lowest BCUT2D eigenvalue weighted by molar-refractivity contribution is -0.384. The van der Waals surface area contributed by atoms with E-state index >= 15 is 4.39 Å². The molecule has 0 radical (unpaired) electrons. The van der Waals surface area contributed by atoms with Crippen molar-refractivity contribution in [3.05, 3.63) is 63.2 Å². The minimum absolute atomic E-state index is 0.0565. The Morgan fingerprint density at radius 2 is 1.86 bits per heavy atom. The number of aliphatic imine (C=N–C) groups is 1. The van der Waals surface area contributed by atoms with Crippen molar-refractivity contribution in [2.24, 2.45) is 4.99 Å². The maximum absolute atomic E-state index is 16.0. The molecule has 1 heterocycles. The van der Waals surface area contributed by atoms with Crippen LogP contribution in [0.4, 0.5) is 43.8 Å². The lowest BCUT2D eigenvalue weighted by Crippen LogP contribution is -2.61. The molecule has 0 aromatic heterocycles. The van der Waals surface area contributed by atoms with Crippen LogP contribution < -0.4 is 10.6 Å². The van der Waals surface area contributed by atoms with Gasteiger partial charge in [-0.25, -0.2) is 13.6 Å². The fraction of sp³-hybridized carbons (Fsp3) is 0.444. The zero-order valence-electron chi connectivity index (χ0n) is 24.7. The van der Waals surface area contributed by atoms with Crippen LogP contribution in [0.15, 0.2) is 35.3 Å². The number of nitro groups is 1. The predicted octanol–water partition coefficient (Wildman–Crippen LogP) is 6.73. The van der Waals surface area contributed by atoms with Gasteiger partial charge >= 0.3 is 12.3 Å². The smallest absolute Gasteiger partial charge is 0.434 e. The van der Waals surface area contributed by atoms with Gasteiger partial charge in [0.05, 0.1) is 35.7 Å². The molecule has 1 saturated heterocycles. The van der Waals surface area contributed by atoms with E-state index in [2.05, 4.69) is 10.3 Å². The van der Waals surface area contributed by atoms with Crippen molar-refractivity contribution >= 4 is 43.3 Å². The highest BCUT2D eigenvalue weighted by Gasteiger charge is 2.44. The molecule has 1 atom stereocenters. The van der Waals surface area contributed by atoms with E-state index in [1.54, 1.807) is 0 Å². The van der Waals surface area contributed by atoms with Gasteiger partial charge in [0, 0.05) is 11.6 Å². The van der Waals surface area contributed by atoms with Crippen molar-refractivity contribution in [3.8, 4) is 0 Å². The van der Waals surface area contributed by atoms with Gasteiger partial charge in [0.1, 0.15) is 17.1 Å². The molecular weight excluding hydrogens is 613 g/mol. The molecule has 2 aromatic rings. The third-order valence-electron chi connectivity index (χ3n) is 7.70. The van der Waals surface area contributed by atoms with Crippen LogP contribution in [-0.4, -0.2) is 54.4 Å². The van der Waals surface area contributed by atoms with Gasteiger partial charge in [0.25, 0.3) is 5.69 Å². The molecule has 17 heteroatoms. The number of carboxylic acid groups (broad SMARTS) is 1. The summed E-state index contributed by atoms with van der Waals surface area (Å²) in [5.74, 6) is -4.12. The standard InChI is InChI=1S/C27H32F5N5O6Si/c1-25(2,3)44(5,6)43-13-12-36-19(38)14-26(4,35-23(36)34-24(39)40)15-8-7-9-17(21(15)29)33-22-18(37(41)42)11-10-16(28)20(22)27(30,31)32/h7-11,33H,12-14H2,1-6H3,(H,34,35)(H,39,40)/t26-/m0/s1. The Hall–Kier alpha value is -4.12. The average Bonchev–Trinajstić information content (AvgIpc) is 2.84. The highest BCUT2D eigenvalue weighted by atomic mass is 28.4. The molecular formula is C27H32F5N5O6Si. The van der Waals surface area contributed by atoms with E-state index in [0.29, 0.717) is 6.07 Å². The summed E-state index contributed by atoms with van der Waals surface area (Å²) in [7, 11) is -2.23. The number of nitrogens with one attached hydrogen (secondary N) is 2. The minimum Gasteiger partial charge on any atom is -0.463 e. The highest BCUT2D eigenvalue weighted by molar-refractivity contribution is 6.74. The molecule has 2 amide bonds. The minimum atomic E-state index is -5.38. The molecule has 0 bridgehead atoms. The van der Waals surface area contributed by atoms with Crippen molar-refractivity contribution in [3.63, 3.8) is 0 Å². The van der Waals surface area contributed by atoms with Crippen LogP contribution in [0, 0.1) is 21.7 Å². The Balaban J connectivity index is 2.01. The number of anilines is 2. The summed E-state index contributed by atoms with van der Waals surface area (Å²) >= 11 is 0. The van der Waals surface area contributed by atoms with Gasteiger partial charge in [-0.1, -0.05) is 32.9 Å². The Kier molecular flexibility index (Phi) is 9.46. The summed E-state index contributed by atoms with van der Waals surface area (Å²) in [4.78, 5) is 39.7. The number of nitrogens with zero attached hydrogens (tertiary/aromatic N) is 3. The second kappa shape index (κ2) is 12.1. The fourth-order valence-corrected chi connectivity index (χ4v) is 5.40. The largest absolute Gasteiger partial charge is 0.463 e. The van der Waals surface area contributed by atoms with Gasteiger partial charge in [0.2, 0.25) is 11.9 Å². The highest BCUT2D eigenvalue weighted by Crippen LogP contribution is 2.44. The molecule has 1 fully saturated rings. The van der Waals surface area contributed by atoms with Crippen molar-refractivity contribution in [1.29, 1.82) is 0 Å². The summed E-state index contributed by atoms with van der Waals surface area (Å²) < 4.78 is 77.4. The van der Waals surface area contributed by atoms with Crippen LogP contribution >= 0.6 is 0 Å². The number of benzene rings is 2. The van der Waals surface area contributed by atoms with E-state index in [-0.39, 0.29) is 29.8 Å². The molecule has 3 N–H and O–H groups in total. The number of alkyl halides is 3. The Morgan fingerprint density at radius 3 is 2.41 bits per heavy atom. The Labute approximate surface area is 250 Å². The zero-order valence-corrected chi connectivity index (χ0v) is 25.7. The van der Waals surface area contributed by atoms with E-state index in [1.165, 1.54) is 19.1 Å². The van der Waals surface area contributed by atoms with Crippen LogP contribution in [0.2, 0.25) is 18.1 Å². The van der Waals surface area contributed by atoms with E-state index < -0.39 is 83.6 Å². The first kappa shape index (κ1) is 34.4. The molecule has 44 heavy (non-hydrogen) atoms. The number of halogens is 5. The molecule has 1 aliphatic heterocycles. The second-order valence-corrected chi connectivity index (χ2v) is 16.7. The number of guanidine groups is 1. The predicted molar refractivity (Wildman–Crippen MR) is 153 cm³/mol. The van der Waals surface area contributed by atoms with Crippen molar-refractivity contribution in [2.75, 3.05) is 18.5 Å². The van der Waals surface area contributed by atoms with Gasteiger partial charge in [-0.3, -0.25) is 19.8 Å². The van der Waals surface area contributed by atoms with Crippen molar-refractivity contribution in [1.82, 2.24) is 10.2 Å². The van der Waals surface area contributed by atoms with Crippen LogP contribution in [0.3, 0.4) is 0 Å². The summed E-state index contributed by atoms with van der Waals surface area (Å²) in [6.07, 6.45) is -7.48. The van der Waals surface area contributed by atoms with Gasteiger partial charge in [-0.05, 0) is 37.2 Å². The fourth-order valence-electron chi connectivity index (χ4n) is 4.37. The van der Waals surface area contributed by atoms with E-state index in [4.69, 9.17) is 4.43 Å². The van der Waals surface area contributed by atoms with Crippen molar-refractivity contribution < 1.29 is 46.0 Å². The second-order valence-electron chi connectivity index (χ2n) is 11.9. The molecule has 0 unspecified atom stereocenters. The summed E-state index contributed by atoms with van der Waals surface area (Å²) in [6.45, 7) is 11.4. The number of amides is 2. The number of rotatable bonds is 8. The number of hydrogen-bond donors (Lipinski definition) is 3. The normalized spacial score (nSPS) is 18.8. The first-order chi connectivity index (χ1) is 20.1. The third-order valence-corrected chi connectivity index (χ3v) is 12.2. The number of nitro benzene ring substituents is 1. The zero-order chi connectivity index (χ0) is 33.4. The molecule has 3 rings (SSSR count). The lowest BCUT2D eigenvalue weighted by Gasteiger charge is -2.42. The number of carbonyl (C=O) groups is 2. The van der Waals surface area contributed by atoms with E-state index in [0.717, 1.165) is 11.0 Å². The average molecular weight is 646 g/mol. The van der Waals surface area contributed by atoms with Crippen molar-refractivity contribution in [2.45, 2.75) is 64.0 Å². The maximum atomic E-state index is 16.0. The van der Waals surface area contributed by atoms with Gasteiger partial charge < -0.3 is 20.2 Å². The molecule has 11 nitrogen and oxygen atoms in total. The third kappa shape index (κ3) is 7.15. The summed E-state index contributed by atoms with van der Waals surface area (Å²) in [5, 5.41) is 25.5. The first-order valence-corrected chi connectivity index (χ1v) is 16.1. The molecule has 240 valence electrons. The van der Waals surface area contributed by atoms with Gasteiger partial charge in [0.15, 0.2) is 14.1 Å². The van der Waals surface area contributed by atoms with Gasteiger partial charge in [-0.2, -0.15) is 13.2 Å². The van der Waals surface area contributed by atoms with Crippen LogP contribution in [0.25, 0.3) is 0 Å². The summed E-state index contributed by atoms with van der Waals surface area (Å²) in [5.41, 5.74) is -7.16. The van der Waals surface area contributed by atoms with Crippen LogP contribution in [-0.2, 0) is 20.9 Å². The first-order valence-electron chi connectivity index (χ1n) is 13.2. The van der Waals surface area contributed by atoms with Crippen LogP contribution in [0.5, 0.6) is 0 Å². The molecule has 0 spiro atoms. The summed E-state index contributed by atoms with van der Waals surface area (Å²) in [6, 6.07) is 4.15. The van der Waals surface area contributed by atoms with E-state index in [9.17, 15) is 42.4 Å². The topological polar surface area (TPSA) is 146 Å². The Morgan fingerprint density at radius 1 is 1.23 bits per heavy atom. The van der Waals surface area contributed by atoms with Gasteiger partial charge in [-0.15, -0.1) is 4.99 Å². The SMILES string of the molecule is CC(C)(C)[Si](C)(C)OCCN1C(=O)C[C@@](C)(c2cccc(Nc3c([N+](=O)[O-])ccc(F)c3C(F)(F)F)c2F)N/C1=N\C(=O)O. The number of hydrogen-bond acceptors (Lipinski definition) is 6. The monoisotopic (exact) mass is 645 g/mol. The molecule has 2 aromatic carbocycles.